The van der Waals surface area contributed by atoms with Crippen LogP contribution in [-0.2, 0) is 4.74 Å². The van der Waals surface area contributed by atoms with E-state index in [-0.39, 0.29) is 0 Å². The van der Waals surface area contributed by atoms with E-state index in [2.05, 4.69) is 55.8 Å². The lowest BCUT2D eigenvalue weighted by Crippen LogP contribution is -2.45. The molecule has 0 bridgehead atoms. The summed E-state index contributed by atoms with van der Waals surface area (Å²) in [5.74, 6) is 1.57. The van der Waals surface area contributed by atoms with E-state index in [0.29, 0.717) is 5.92 Å². The van der Waals surface area contributed by atoms with E-state index < -0.39 is 0 Å². The number of hydrogen-bond acceptors (Lipinski definition) is 4. The van der Waals surface area contributed by atoms with E-state index >= 15 is 0 Å². The maximum atomic E-state index is 5.38. The number of ether oxygens (including phenoxy) is 1. The summed E-state index contributed by atoms with van der Waals surface area (Å²) in [5, 5.41) is 6.92. The summed E-state index contributed by atoms with van der Waals surface area (Å²) < 4.78 is 5.38. The third kappa shape index (κ3) is 5.61. The first-order valence-electron chi connectivity index (χ1n) is 9.40. The Labute approximate surface area is 151 Å². The standard InChI is InChI=1S/C19H31N5O/c1-20-19(21-8-10-23-11-13-25-14-12-23)22-15-17-7-9-24(16-17)18-5-3-2-4-6-18/h2-6,17H,7-16H2,1H3,(H2,20,21,22). The van der Waals surface area contributed by atoms with Crippen LogP contribution in [0.25, 0.3) is 0 Å². The van der Waals surface area contributed by atoms with Crippen molar-refractivity contribution >= 4 is 11.6 Å². The highest BCUT2D eigenvalue weighted by Crippen LogP contribution is 2.22. The lowest BCUT2D eigenvalue weighted by Gasteiger charge is -2.26. The Morgan fingerprint density at radius 2 is 1.96 bits per heavy atom. The zero-order valence-corrected chi connectivity index (χ0v) is 15.3. The molecule has 6 heteroatoms. The van der Waals surface area contributed by atoms with Crippen LogP contribution in [0.4, 0.5) is 5.69 Å². The molecular weight excluding hydrogens is 314 g/mol. The molecule has 1 atom stereocenters. The van der Waals surface area contributed by atoms with Gasteiger partial charge in [0.25, 0.3) is 0 Å². The van der Waals surface area contributed by atoms with Gasteiger partial charge in [-0.05, 0) is 24.5 Å². The first-order chi connectivity index (χ1) is 12.3. The topological polar surface area (TPSA) is 52.1 Å². The van der Waals surface area contributed by atoms with Gasteiger partial charge in [0.05, 0.1) is 13.2 Å². The van der Waals surface area contributed by atoms with Crippen molar-refractivity contribution in [2.45, 2.75) is 6.42 Å². The highest BCUT2D eigenvalue weighted by atomic mass is 16.5. The Hall–Kier alpha value is -1.79. The molecule has 138 valence electrons. The van der Waals surface area contributed by atoms with Crippen molar-refractivity contribution < 1.29 is 4.74 Å². The summed E-state index contributed by atoms with van der Waals surface area (Å²) in [6.45, 7) is 8.95. The first kappa shape index (κ1) is 18.0. The first-order valence-corrected chi connectivity index (χ1v) is 9.40. The van der Waals surface area contributed by atoms with Gasteiger partial charge in [-0.1, -0.05) is 18.2 Å². The van der Waals surface area contributed by atoms with Crippen molar-refractivity contribution in [1.82, 2.24) is 15.5 Å². The van der Waals surface area contributed by atoms with Gasteiger partial charge < -0.3 is 20.3 Å². The summed E-state index contributed by atoms with van der Waals surface area (Å²) in [6.07, 6.45) is 1.23. The number of para-hydroxylation sites is 1. The second-order valence-corrected chi connectivity index (χ2v) is 6.77. The van der Waals surface area contributed by atoms with Gasteiger partial charge in [-0.15, -0.1) is 0 Å². The van der Waals surface area contributed by atoms with Crippen molar-refractivity contribution in [1.29, 1.82) is 0 Å². The van der Waals surface area contributed by atoms with Crippen LogP contribution < -0.4 is 15.5 Å². The highest BCUT2D eigenvalue weighted by molar-refractivity contribution is 5.79. The van der Waals surface area contributed by atoms with E-state index in [1.54, 1.807) is 0 Å². The molecule has 1 aromatic rings. The fourth-order valence-electron chi connectivity index (χ4n) is 3.49. The van der Waals surface area contributed by atoms with Crippen LogP contribution in [0.2, 0.25) is 0 Å². The zero-order valence-electron chi connectivity index (χ0n) is 15.3. The smallest absolute Gasteiger partial charge is 0.191 e. The van der Waals surface area contributed by atoms with Crippen molar-refractivity contribution in [3.8, 4) is 0 Å². The molecule has 2 fully saturated rings. The lowest BCUT2D eigenvalue weighted by atomic mass is 10.1. The Balaban J connectivity index is 1.34. The molecular formula is C19H31N5O. The molecule has 0 aliphatic carbocycles. The maximum absolute atomic E-state index is 5.38. The summed E-state index contributed by atoms with van der Waals surface area (Å²) in [5.41, 5.74) is 1.33. The van der Waals surface area contributed by atoms with E-state index in [1.165, 1.54) is 12.1 Å². The molecule has 0 spiro atoms. The normalized spacial score (nSPS) is 22.2. The second kappa shape index (κ2) is 9.63. The molecule has 2 N–H and O–H groups in total. The number of nitrogens with one attached hydrogen (secondary N) is 2. The van der Waals surface area contributed by atoms with E-state index in [0.717, 1.165) is 65.0 Å². The van der Waals surface area contributed by atoms with Crippen LogP contribution in [0.5, 0.6) is 0 Å². The van der Waals surface area contributed by atoms with Gasteiger partial charge in [0.15, 0.2) is 5.96 Å². The fraction of sp³-hybridized carbons (Fsp3) is 0.632. The van der Waals surface area contributed by atoms with Crippen LogP contribution in [0.1, 0.15) is 6.42 Å². The van der Waals surface area contributed by atoms with Gasteiger partial charge in [0.2, 0.25) is 0 Å². The summed E-state index contributed by atoms with van der Waals surface area (Å²) in [4.78, 5) is 9.25. The Morgan fingerprint density at radius 3 is 2.72 bits per heavy atom. The van der Waals surface area contributed by atoms with Crippen LogP contribution in [-0.4, -0.2) is 76.9 Å². The monoisotopic (exact) mass is 345 g/mol. The van der Waals surface area contributed by atoms with Crippen LogP contribution >= 0.6 is 0 Å². The quantitative estimate of drug-likeness (QED) is 0.595. The number of benzene rings is 1. The highest BCUT2D eigenvalue weighted by Gasteiger charge is 2.22. The molecule has 2 saturated heterocycles. The molecule has 0 amide bonds. The number of anilines is 1. The predicted octanol–water partition coefficient (Wildman–Crippen LogP) is 1.01. The molecule has 1 unspecified atom stereocenters. The summed E-state index contributed by atoms with van der Waals surface area (Å²) in [6, 6.07) is 10.7. The third-order valence-corrected chi connectivity index (χ3v) is 5.01. The molecule has 6 nitrogen and oxygen atoms in total. The average Bonchev–Trinajstić information content (AvgIpc) is 3.15. The minimum atomic E-state index is 0.665. The Kier molecular flexibility index (Phi) is 6.94. The van der Waals surface area contributed by atoms with Crippen LogP contribution in [0, 0.1) is 5.92 Å². The fourth-order valence-corrected chi connectivity index (χ4v) is 3.49. The molecule has 2 aliphatic rings. The minimum Gasteiger partial charge on any atom is -0.379 e. The SMILES string of the molecule is CN=C(NCCN1CCOCC1)NCC1CCN(c2ccccc2)C1. The summed E-state index contributed by atoms with van der Waals surface area (Å²) >= 11 is 0. The van der Waals surface area contributed by atoms with Crippen LogP contribution in [0.15, 0.2) is 35.3 Å². The molecule has 0 saturated carbocycles. The maximum Gasteiger partial charge on any atom is 0.191 e. The average molecular weight is 345 g/mol. The van der Waals surface area contributed by atoms with Gasteiger partial charge >= 0.3 is 0 Å². The lowest BCUT2D eigenvalue weighted by molar-refractivity contribution is 0.0389. The van der Waals surface area contributed by atoms with Gasteiger partial charge in [0, 0.05) is 58.5 Å². The second-order valence-electron chi connectivity index (χ2n) is 6.77. The number of aliphatic imine (C=N–C) groups is 1. The number of rotatable bonds is 6. The predicted molar refractivity (Wildman–Crippen MR) is 103 cm³/mol. The largest absolute Gasteiger partial charge is 0.379 e. The Bertz CT molecular complexity index is 530. The van der Waals surface area contributed by atoms with E-state index in [9.17, 15) is 0 Å². The van der Waals surface area contributed by atoms with E-state index in [4.69, 9.17) is 4.74 Å². The van der Waals surface area contributed by atoms with Crippen molar-refractivity contribution in [2.75, 3.05) is 71.0 Å². The van der Waals surface area contributed by atoms with Crippen molar-refractivity contribution in [3.63, 3.8) is 0 Å². The van der Waals surface area contributed by atoms with Gasteiger partial charge in [-0.25, -0.2) is 0 Å². The van der Waals surface area contributed by atoms with Crippen LogP contribution in [0.3, 0.4) is 0 Å². The number of guanidine groups is 1. The van der Waals surface area contributed by atoms with Crippen molar-refractivity contribution in [3.05, 3.63) is 30.3 Å². The van der Waals surface area contributed by atoms with Gasteiger partial charge in [-0.3, -0.25) is 9.89 Å². The van der Waals surface area contributed by atoms with Crippen molar-refractivity contribution in [2.24, 2.45) is 10.9 Å². The van der Waals surface area contributed by atoms with E-state index in [1.807, 2.05) is 7.05 Å². The number of morpholine rings is 1. The minimum absolute atomic E-state index is 0.665. The molecule has 1 aromatic carbocycles. The third-order valence-electron chi connectivity index (χ3n) is 5.01. The van der Waals surface area contributed by atoms with Gasteiger partial charge in [-0.2, -0.15) is 0 Å². The molecule has 0 radical (unpaired) electrons. The molecule has 2 heterocycles. The molecule has 2 aliphatic heterocycles. The Morgan fingerprint density at radius 1 is 1.16 bits per heavy atom. The molecule has 0 aromatic heterocycles. The number of hydrogen-bond donors (Lipinski definition) is 2. The zero-order chi connectivity index (χ0) is 17.3. The molecule has 3 rings (SSSR count). The molecule has 25 heavy (non-hydrogen) atoms. The summed E-state index contributed by atoms with van der Waals surface area (Å²) in [7, 11) is 1.84. The number of nitrogens with zero attached hydrogens (tertiary/aromatic N) is 3. The van der Waals surface area contributed by atoms with Gasteiger partial charge in [0.1, 0.15) is 0 Å².